The Kier molecular flexibility index (Phi) is 6.77. The van der Waals surface area contributed by atoms with Crippen LogP contribution in [0.2, 0.25) is 0 Å². The number of fused-ring (bicyclic) bond motifs is 1. The number of aromatic nitrogens is 2. The zero-order valence-electron chi connectivity index (χ0n) is 16.6. The molecule has 8 nitrogen and oxygen atoms in total. The number of rotatable bonds is 8. The van der Waals surface area contributed by atoms with Crippen LogP contribution >= 0.6 is 0 Å². The predicted molar refractivity (Wildman–Crippen MR) is 106 cm³/mol. The van der Waals surface area contributed by atoms with Gasteiger partial charge in [0, 0.05) is 0 Å². The maximum Gasteiger partial charge on any atom is 0.329 e. The highest BCUT2D eigenvalue weighted by Gasteiger charge is 2.32. The number of para-hydroxylation sites is 1. The Morgan fingerprint density at radius 1 is 1.18 bits per heavy atom. The summed E-state index contributed by atoms with van der Waals surface area (Å²) in [6, 6.07) is 4.37. The molecular weight excluding hydrogens is 362 g/mol. The van der Waals surface area contributed by atoms with Crippen molar-refractivity contribution in [3.63, 3.8) is 0 Å². The molecule has 8 heteroatoms. The number of carboxylic acid groups (broad SMARTS) is 1. The molecule has 0 radical (unpaired) electrons. The van der Waals surface area contributed by atoms with E-state index in [1.807, 2.05) is 20.8 Å². The van der Waals surface area contributed by atoms with Gasteiger partial charge in [0.15, 0.2) is 0 Å². The Morgan fingerprint density at radius 2 is 1.82 bits per heavy atom. The summed E-state index contributed by atoms with van der Waals surface area (Å²) >= 11 is 0. The molecule has 3 atom stereocenters. The molecular formula is C20H27N3O5. The lowest BCUT2D eigenvalue weighted by molar-refractivity contribution is -0.143. The molecule has 0 aliphatic carbocycles. The van der Waals surface area contributed by atoms with Gasteiger partial charge < -0.3 is 15.4 Å². The standard InChI is InChI=1S/C20H27N3O5/c1-5-12(4)16(17(24)21-15(19(26)27)10-11(2)3)23-18(25)13-8-6-7-9-14(13)22-20(23)28/h6-9,11-12,15-16H,5,10H2,1-4H3,(H,21,24)(H,22,28)(H,26,27). The van der Waals surface area contributed by atoms with Crippen LogP contribution in [0.25, 0.3) is 10.9 Å². The molecule has 1 aromatic heterocycles. The van der Waals surface area contributed by atoms with Crippen molar-refractivity contribution >= 4 is 22.8 Å². The third kappa shape index (κ3) is 4.49. The Morgan fingerprint density at radius 3 is 2.39 bits per heavy atom. The molecule has 0 bridgehead atoms. The van der Waals surface area contributed by atoms with E-state index in [9.17, 15) is 24.3 Å². The zero-order valence-corrected chi connectivity index (χ0v) is 16.6. The summed E-state index contributed by atoms with van der Waals surface area (Å²) in [6.45, 7) is 7.30. The van der Waals surface area contributed by atoms with E-state index < -0.39 is 35.2 Å². The minimum absolute atomic E-state index is 0.0512. The average Bonchev–Trinajstić information content (AvgIpc) is 2.63. The number of amides is 1. The molecule has 3 unspecified atom stereocenters. The maximum atomic E-state index is 13.0. The molecule has 0 aliphatic heterocycles. The molecule has 3 N–H and O–H groups in total. The summed E-state index contributed by atoms with van der Waals surface area (Å²) in [7, 11) is 0. The second-order valence-electron chi connectivity index (χ2n) is 7.51. The minimum atomic E-state index is -1.15. The zero-order chi connectivity index (χ0) is 21.0. The van der Waals surface area contributed by atoms with Crippen LogP contribution in [0, 0.1) is 11.8 Å². The Balaban J connectivity index is 2.54. The molecule has 2 aromatic rings. The molecule has 152 valence electrons. The van der Waals surface area contributed by atoms with Crippen molar-refractivity contribution in [2.24, 2.45) is 11.8 Å². The molecule has 1 amide bonds. The van der Waals surface area contributed by atoms with Gasteiger partial charge >= 0.3 is 11.7 Å². The first-order valence-corrected chi connectivity index (χ1v) is 9.44. The van der Waals surface area contributed by atoms with Crippen LogP contribution in [-0.4, -0.2) is 32.6 Å². The number of nitrogens with zero attached hydrogens (tertiary/aromatic N) is 1. The smallest absolute Gasteiger partial charge is 0.329 e. The quantitative estimate of drug-likeness (QED) is 0.637. The fraction of sp³-hybridized carbons (Fsp3) is 0.500. The molecule has 0 spiro atoms. The van der Waals surface area contributed by atoms with E-state index in [0.717, 1.165) is 4.57 Å². The molecule has 1 aromatic carbocycles. The van der Waals surface area contributed by atoms with Crippen LogP contribution in [0.3, 0.4) is 0 Å². The minimum Gasteiger partial charge on any atom is -0.480 e. The molecule has 0 aliphatic rings. The lowest BCUT2D eigenvalue weighted by Gasteiger charge is -2.26. The van der Waals surface area contributed by atoms with Crippen LogP contribution in [-0.2, 0) is 9.59 Å². The number of H-pyrrole nitrogens is 1. The molecule has 28 heavy (non-hydrogen) atoms. The lowest BCUT2D eigenvalue weighted by Crippen LogP contribution is -2.51. The summed E-state index contributed by atoms with van der Waals surface area (Å²) in [5, 5.41) is 12.2. The van der Waals surface area contributed by atoms with Crippen LogP contribution in [0.4, 0.5) is 0 Å². The second kappa shape index (κ2) is 8.86. The summed E-state index contributed by atoms with van der Waals surface area (Å²) in [4.78, 5) is 52.7. The van der Waals surface area contributed by atoms with Crippen LogP contribution in [0.5, 0.6) is 0 Å². The number of carbonyl (C=O) groups is 2. The number of hydrogen-bond acceptors (Lipinski definition) is 4. The average molecular weight is 389 g/mol. The number of aromatic amines is 1. The number of hydrogen-bond donors (Lipinski definition) is 3. The highest BCUT2D eigenvalue weighted by Crippen LogP contribution is 2.20. The number of benzene rings is 1. The fourth-order valence-corrected chi connectivity index (χ4v) is 3.23. The van der Waals surface area contributed by atoms with Gasteiger partial charge in [-0.05, 0) is 30.4 Å². The lowest BCUT2D eigenvalue weighted by atomic mass is 9.96. The SMILES string of the molecule is CCC(C)C(C(=O)NC(CC(C)C)C(=O)O)n1c(=O)[nH]c2ccccc2c1=O. The number of carbonyl (C=O) groups excluding carboxylic acids is 1. The third-order valence-electron chi connectivity index (χ3n) is 4.89. The van der Waals surface area contributed by atoms with Gasteiger partial charge in [-0.2, -0.15) is 0 Å². The highest BCUT2D eigenvalue weighted by atomic mass is 16.4. The van der Waals surface area contributed by atoms with Crippen molar-refractivity contribution in [2.45, 2.75) is 52.6 Å². The van der Waals surface area contributed by atoms with E-state index >= 15 is 0 Å². The van der Waals surface area contributed by atoms with E-state index in [4.69, 9.17) is 0 Å². The summed E-state index contributed by atoms with van der Waals surface area (Å²) in [5.41, 5.74) is -0.879. The molecule has 2 rings (SSSR count). The molecule has 0 saturated heterocycles. The molecule has 1 heterocycles. The Labute approximate surface area is 162 Å². The Hall–Kier alpha value is -2.90. The third-order valence-corrected chi connectivity index (χ3v) is 4.89. The van der Waals surface area contributed by atoms with Crippen molar-refractivity contribution in [2.75, 3.05) is 0 Å². The van der Waals surface area contributed by atoms with Crippen molar-refractivity contribution in [1.82, 2.24) is 14.9 Å². The van der Waals surface area contributed by atoms with Gasteiger partial charge in [0.1, 0.15) is 12.1 Å². The molecule has 0 saturated carbocycles. The van der Waals surface area contributed by atoms with Crippen molar-refractivity contribution in [1.29, 1.82) is 0 Å². The van der Waals surface area contributed by atoms with Gasteiger partial charge in [-0.15, -0.1) is 0 Å². The van der Waals surface area contributed by atoms with Crippen LogP contribution in [0.1, 0.15) is 46.6 Å². The first-order chi connectivity index (χ1) is 13.2. The van der Waals surface area contributed by atoms with Gasteiger partial charge in [0.2, 0.25) is 5.91 Å². The second-order valence-corrected chi connectivity index (χ2v) is 7.51. The first kappa shape index (κ1) is 21.4. The Bertz CT molecular complexity index is 976. The number of aliphatic carboxylic acids is 1. The number of carboxylic acids is 1. The van der Waals surface area contributed by atoms with Crippen LogP contribution < -0.4 is 16.6 Å². The normalized spacial score (nSPS) is 14.6. The summed E-state index contributed by atoms with van der Waals surface area (Å²) in [6.07, 6.45) is 0.774. The van der Waals surface area contributed by atoms with E-state index in [-0.39, 0.29) is 18.3 Å². The summed E-state index contributed by atoms with van der Waals surface area (Å²) < 4.78 is 0.903. The first-order valence-electron chi connectivity index (χ1n) is 9.44. The van der Waals surface area contributed by atoms with Gasteiger partial charge in [-0.25, -0.2) is 14.2 Å². The van der Waals surface area contributed by atoms with Crippen molar-refractivity contribution in [3.8, 4) is 0 Å². The van der Waals surface area contributed by atoms with E-state index in [1.54, 1.807) is 31.2 Å². The van der Waals surface area contributed by atoms with Gasteiger partial charge in [0.05, 0.1) is 10.9 Å². The van der Waals surface area contributed by atoms with E-state index in [1.165, 1.54) is 0 Å². The largest absolute Gasteiger partial charge is 0.480 e. The van der Waals surface area contributed by atoms with Crippen molar-refractivity contribution < 1.29 is 14.7 Å². The van der Waals surface area contributed by atoms with Gasteiger partial charge in [0.25, 0.3) is 5.56 Å². The molecule has 0 fully saturated rings. The number of nitrogens with one attached hydrogen (secondary N) is 2. The summed E-state index contributed by atoms with van der Waals surface area (Å²) in [5.74, 6) is -2.10. The topological polar surface area (TPSA) is 121 Å². The monoisotopic (exact) mass is 389 g/mol. The van der Waals surface area contributed by atoms with Gasteiger partial charge in [-0.3, -0.25) is 9.59 Å². The highest BCUT2D eigenvalue weighted by molar-refractivity contribution is 5.86. The fourth-order valence-electron chi connectivity index (χ4n) is 3.23. The maximum absolute atomic E-state index is 13.0. The van der Waals surface area contributed by atoms with Crippen molar-refractivity contribution in [3.05, 3.63) is 45.1 Å². The predicted octanol–water partition coefficient (Wildman–Crippen LogP) is 1.89. The van der Waals surface area contributed by atoms with E-state index in [0.29, 0.717) is 17.3 Å². The van der Waals surface area contributed by atoms with Crippen LogP contribution in [0.15, 0.2) is 33.9 Å². The van der Waals surface area contributed by atoms with Gasteiger partial charge in [-0.1, -0.05) is 46.2 Å². The van der Waals surface area contributed by atoms with E-state index in [2.05, 4.69) is 10.3 Å².